The van der Waals surface area contributed by atoms with Crippen LogP contribution in [0.2, 0.25) is 0 Å². The van der Waals surface area contributed by atoms with Crippen LogP contribution >= 0.6 is 0 Å². The maximum absolute atomic E-state index is 11.0. The number of aliphatic hydroxyl groups is 2. The molecule has 21 heavy (non-hydrogen) atoms. The third-order valence-electron chi connectivity index (χ3n) is 3.21. The van der Waals surface area contributed by atoms with Crippen molar-refractivity contribution in [1.82, 2.24) is 0 Å². The normalized spacial score (nSPS) is 28.6. The van der Waals surface area contributed by atoms with Gasteiger partial charge in [0.05, 0.1) is 13.2 Å². The maximum Gasteiger partial charge on any atom is 0.308 e. The molecular formula is C14H19NO6. The Kier molecular flexibility index (Phi) is 5.27. The molecule has 1 unspecified atom stereocenters. The first-order valence-corrected chi connectivity index (χ1v) is 6.61. The third kappa shape index (κ3) is 3.78. The summed E-state index contributed by atoms with van der Waals surface area (Å²) >= 11 is 0. The van der Waals surface area contributed by atoms with Crippen LogP contribution in [0.1, 0.15) is 12.5 Å². The first-order chi connectivity index (χ1) is 10.0. The average Bonchev–Trinajstić information content (AvgIpc) is 2.72. The summed E-state index contributed by atoms with van der Waals surface area (Å²) in [6.07, 6.45) is -3.34. The Morgan fingerprint density at radius 2 is 2.14 bits per heavy atom. The van der Waals surface area contributed by atoms with Gasteiger partial charge in [-0.05, 0) is 6.07 Å². The number of ether oxygens (including phenoxy) is 3. The van der Waals surface area contributed by atoms with Crippen molar-refractivity contribution in [2.45, 2.75) is 38.1 Å². The molecule has 0 bridgehead atoms. The molecule has 1 aromatic rings. The molecule has 116 valence electrons. The summed E-state index contributed by atoms with van der Waals surface area (Å²) in [4.78, 5) is 11.0. The summed E-state index contributed by atoms with van der Waals surface area (Å²) < 4.78 is 15.8. The number of hydrogen-bond acceptors (Lipinski definition) is 7. The van der Waals surface area contributed by atoms with Gasteiger partial charge in [0.1, 0.15) is 30.3 Å². The molecule has 0 spiro atoms. The molecule has 1 heterocycles. The first kappa shape index (κ1) is 15.9. The van der Waals surface area contributed by atoms with Crippen LogP contribution in [0.3, 0.4) is 0 Å². The number of para-hydroxylation sites is 1. The highest BCUT2D eigenvalue weighted by atomic mass is 16.6. The van der Waals surface area contributed by atoms with Crippen LogP contribution in [0, 0.1) is 0 Å². The van der Waals surface area contributed by atoms with Crippen molar-refractivity contribution in [3.05, 3.63) is 29.8 Å². The second-order valence-corrected chi connectivity index (χ2v) is 4.79. The van der Waals surface area contributed by atoms with Gasteiger partial charge in [-0.15, -0.1) is 0 Å². The summed E-state index contributed by atoms with van der Waals surface area (Å²) in [6, 6.07) is 6.92. The zero-order chi connectivity index (χ0) is 15.4. The molecule has 4 atom stereocenters. The zero-order valence-electron chi connectivity index (χ0n) is 11.6. The number of hydrogen-bond donors (Lipinski definition) is 3. The van der Waals surface area contributed by atoms with Crippen LogP contribution in [0.5, 0.6) is 5.75 Å². The largest absolute Gasteiger partial charge is 0.426 e. The summed E-state index contributed by atoms with van der Waals surface area (Å²) in [7, 11) is 0. The van der Waals surface area contributed by atoms with Crippen molar-refractivity contribution in [3.63, 3.8) is 0 Å². The smallest absolute Gasteiger partial charge is 0.308 e. The van der Waals surface area contributed by atoms with E-state index in [4.69, 9.17) is 25.1 Å². The van der Waals surface area contributed by atoms with E-state index in [9.17, 15) is 9.90 Å². The molecule has 1 aromatic carbocycles. The van der Waals surface area contributed by atoms with Crippen LogP contribution in [0.25, 0.3) is 0 Å². The highest BCUT2D eigenvalue weighted by Gasteiger charge is 2.42. The zero-order valence-corrected chi connectivity index (χ0v) is 11.6. The van der Waals surface area contributed by atoms with Crippen molar-refractivity contribution < 1.29 is 29.2 Å². The molecule has 0 aliphatic carbocycles. The van der Waals surface area contributed by atoms with Crippen molar-refractivity contribution in [3.8, 4) is 5.75 Å². The molecule has 2 rings (SSSR count). The van der Waals surface area contributed by atoms with Crippen molar-refractivity contribution in [2.75, 3.05) is 6.61 Å². The number of rotatable bonds is 5. The summed E-state index contributed by atoms with van der Waals surface area (Å²) in [5.41, 5.74) is 6.37. The van der Waals surface area contributed by atoms with Gasteiger partial charge in [0.2, 0.25) is 0 Å². The second-order valence-electron chi connectivity index (χ2n) is 4.79. The second kappa shape index (κ2) is 6.97. The minimum absolute atomic E-state index is 0.0976. The quantitative estimate of drug-likeness (QED) is 0.498. The van der Waals surface area contributed by atoms with E-state index < -0.39 is 30.5 Å². The van der Waals surface area contributed by atoms with E-state index in [1.165, 1.54) is 6.92 Å². The Morgan fingerprint density at radius 1 is 1.43 bits per heavy atom. The maximum atomic E-state index is 11.0. The van der Waals surface area contributed by atoms with Crippen molar-refractivity contribution in [2.24, 2.45) is 5.73 Å². The van der Waals surface area contributed by atoms with E-state index in [2.05, 4.69) is 0 Å². The molecule has 7 nitrogen and oxygen atoms in total. The molecule has 0 aromatic heterocycles. The molecule has 1 saturated heterocycles. The predicted molar refractivity (Wildman–Crippen MR) is 72.3 cm³/mol. The SMILES string of the molecule is CC(=O)Oc1ccccc1CO[C@H]1C(N)O[C@H](CO)[C@H]1O. The molecular weight excluding hydrogens is 278 g/mol. The molecule has 7 heteroatoms. The Labute approximate surface area is 122 Å². The highest BCUT2D eigenvalue weighted by molar-refractivity contribution is 5.69. The highest BCUT2D eigenvalue weighted by Crippen LogP contribution is 2.24. The van der Waals surface area contributed by atoms with E-state index in [1.54, 1.807) is 24.3 Å². The lowest BCUT2D eigenvalue weighted by Crippen LogP contribution is -2.39. The van der Waals surface area contributed by atoms with E-state index in [0.29, 0.717) is 11.3 Å². The topological polar surface area (TPSA) is 111 Å². The Bertz CT molecular complexity index is 494. The minimum atomic E-state index is -1.01. The van der Waals surface area contributed by atoms with Crippen molar-refractivity contribution >= 4 is 5.97 Å². The standard InChI is InChI=1S/C14H19NO6/c1-8(17)20-10-5-3-2-4-9(10)7-19-13-12(18)11(6-16)21-14(13)15/h2-5,11-14,16,18H,6-7,15H2,1H3/t11-,12-,13-,14?/m1/s1. The fourth-order valence-corrected chi connectivity index (χ4v) is 2.17. The number of benzene rings is 1. The summed E-state index contributed by atoms with van der Waals surface area (Å²) in [5.74, 6) is -0.0329. The minimum Gasteiger partial charge on any atom is -0.426 e. The van der Waals surface area contributed by atoms with Crippen LogP contribution in [-0.2, 0) is 20.9 Å². The molecule has 0 radical (unpaired) electrons. The lowest BCUT2D eigenvalue weighted by Gasteiger charge is -2.19. The van der Waals surface area contributed by atoms with Gasteiger partial charge in [-0.25, -0.2) is 0 Å². The van der Waals surface area contributed by atoms with Crippen LogP contribution in [0.15, 0.2) is 24.3 Å². The van der Waals surface area contributed by atoms with Gasteiger partial charge in [0.25, 0.3) is 0 Å². The van der Waals surface area contributed by atoms with Gasteiger partial charge < -0.3 is 30.2 Å². The van der Waals surface area contributed by atoms with Gasteiger partial charge >= 0.3 is 5.97 Å². The molecule has 4 N–H and O–H groups in total. The molecule has 0 amide bonds. The van der Waals surface area contributed by atoms with Gasteiger partial charge in [-0.3, -0.25) is 4.79 Å². The molecule has 0 saturated carbocycles. The van der Waals surface area contributed by atoms with Crippen LogP contribution in [-0.4, -0.2) is 47.3 Å². The molecule has 1 aliphatic rings. The fraction of sp³-hybridized carbons (Fsp3) is 0.500. The average molecular weight is 297 g/mol. The van der Waals surface area contributed by atoms with E-state index in [1.807, 2.05) is 0 Å². The number of aliphatic hydroxyl groups excluding tert-OH is 2. The van der Waals surface area contributed by atoms with Gasteiger partial charge in [0.15, 0.2) is 0 Å². The third-order valence-corrected chi connectivity index (χ3v) is 3.21. The van der Waals surface area contributed by atoms with E-state index >= 15 is 0 Å². The summed E-state index contributed by atoms with van der Waals surface area (Å²) in [6.45, 7) is 1.08. The molecule has 1 fully saturated rings. The fourth-order valence-electron chi connectivity index (χ4n) is 2.17. The molecule has 1 aliphatic heterocycles. The number of nitrogens with two attached hydrogens (primary N) is 1. The number of esters is 1. The van der Waals surface area contributed by atoms with E-state index in [0.717, 1.165) is 0 Å². The number of carbonyl (C=O) groups excluding carboxylic acids is 1. The lowest BCUT2D eigenvalue weighted by molar-refractivity contribution is -0.132. The van der Waals surface area contributed by atoms with Crippen LogP contribution in [0.4, 0.5) is 0 Å². The predicted octanol–water partition coefficient (Wildman–Crippen LogP) is -0.466. The lowest BCUT2D eigenvalue weighted by atomic mass is 10.1. The monoisotopic (exact) mass is 297 g/mol. The van der Waals surface area contributed by atoms with Gasteiger partial charge in [-0.1, -0.05) is 18.2 Å². The van der Waals surface area contributed by atoms with Crippen molar-refractivity contribution in [1.29, 1.82) is 0 Å². The first-order valence-electron chi connectivity index (χ1n) is 6.61. The Balaban J connectivity index is 2.01. The Morgan fingerprint density at radius 3 is 2.76 bits per heavy atom. The van der Waals surface area contributed by atoms with Gasteiger partial charge in [-0.2, -0.15) is 0 Å². The number of carbonyl (C=O) groups is 1. The summed E-state index contributed by atoms with van der Waals surface area (Å²) in [5, 5.41) is 19.0. The van der Waals surface area contributed by atoms with Gasteiger partial charge in [0, 0.05) is 12.5 Å². The Hall–Kier alpha value is -1.51. The van der Waals surface area contributed by atoms with Crippen LogP contribution < -0.4 is 10.5 Å². The van der Waals surface area contributed by atoms with E-state index in [-0.39, 0.29) is 13.2 Å².